The van der Waals surface area contributed by atoms with Gasteiger partial charge in [-0.15, -0.1) is 0 Å². The van der Waals surface area contributed by atoms with Crippen molar-refractivity contribution in [3.05, 3.63) is 53.6 Å². The van der Waals surface area contributed by atoms with E-state index in [1.165, 1.54) is 18.2 Å². The van der Waals surface area contributed by atoms with Gasteiger partial charge in [0, 0.05) is 44.6 Å². The Hall–Kier alpha value is -5.60. The SMILES string of the molecule is CCCC(=O)OCCC(C)OC(=O)Oc1ccc(/C=C/c2cc(OC(=O)OC(C)CCOC(=O)CCC)cc(OC(=O)OC(C)CCOC(=O)CCC)c2)cc1. The van der Waals surface area contributed by atoms with Crippen molar-refractivity contribution < 1.29 is 71.4 Å². The van der Waals surface area contributed by atoms with Gasteiger partial charge in [-0.25, -0.2) is 14.4 Å². The van der Waals surface area contributed by atoms with Crippen molar-refractivity contribution >= 4 is 48.5 Å². The molecule has 15 heteroatoms. The van der Waals surface area contributed by atoms with E-state index in [-0.39, 0.29) is 67.8 Å². The number of ether oxygens (including phenoxy) is 9. The normalized spacial score (nSPS) is 12.4. The standard InChI is InChI=1S/C41H54O15/c1-7-10-36(42)48-22-19-28(4)51-39(45)54-33-17-15-31(16-18-33)13-14-32-25-34(55-40(46)52-29(5)20-23-49-37(43)11-8-2)27-35(26-32)56-41(47)53-30(6)21-24-50-38(44)12-9-3/h13-18,25-30H,7-12,19-24H2,1-6H3/b14-13+. The van der Waals surface area contributed by atoms with E-state index >= 15 is 0 Å². The van der Waals surface area contributed by atoms with Gasteiger partial charge in [-0.1, -0.05) is 45.1 Å². The lowest BCUT2D eigenvalue weighted by Crippen LogP contribution is -2.21. The average Bonchev–Trinajstić information content (AvgIpc) is 3.11. The molecular weight excluding hydrogens is 732 g/mol. The summed E-state index contributed by atoms with van der Waals surface area (Å²) in [4.78, 5) is 72.2. The third-order valence-corrected chi connectivity index (χ3v) is 7.47. The molecule has 0 bridgehead atoms. The number of carbonyl (C=O) groups excluding carboxylic acids is 6. The van der Waals surface area contributed by atoms with Crippen molar-refractivity contribution in [2.75, 3.05) is 19.8 Å². The van der Waals surface area contributed by atoms with Crippen LogP contribution in [0.25, 0.3) is 12.2 Å². The predicted octanol–water partition coefficient (Wildman–Crippen LogP) is 8.77. The summed E-state index contributed by atoms with van der Waals surface area (Å²) in [5.74, 6) is -0.751. The highest BCUT2D eigenvalue weighted by Gasteiger charge is 2.18. The van der Waals surface area contributed by atoms with Crippen molar-refractivity contribution in [1.29, 1.82) is 0 Å². The molecule has 0 aliphatic carbocycles. The molecule has 0 heterocycles. The fourth-order valence-corrected chi connectivity index (χ4v) is 4.52. The van der Waals surface area contributed by atoms with Crippen LogP contribution < -0.4 is 14.2 Å². The van der Waals surface area contributed by atoms with Gasteiger partial charge < -0.3 is 42.6 Å². The lowest BCUT2D eigenvalue weighted by molar-refractivity contribution is -0.145. The summed E-state index contributed by atoms with van der Waals surface area (Å²) in [6.45, 7) is 10.8. The Bertz CT molecular complexity index is 1520. The van der Waals surface area contributed by atoms with Crippen LogP contribution in [0, 0.1) is 0 Å². The minimum absolute atomic E-state index is 0.00646. The van der Waals surface area contributed by atoms with Crippen LogP contribution in [0.4, 0.5) is 14.4 Å². The zero-order chi connectivity index (χ0) is 41.3. The zero-order valence-electron chi connectivity index (χ0n) is 33.0. The molecule has 2 aromatic carbocycles. The second-order valence-corrected chi connectivity index (χ2v) is 12.8. The van der Waals surface area contributed by atoms with Crippen molar-refractivity contribution in [3.63, 3.8) is 0 Å². The van der Waals surface area contributed by atoms with Crippen molar-refractivity contribution in [2.24, 2.45) is 0 Å². The first-order chi connectivity index (χ1) is 26.8. The summed E-state index contributed by atoms with van der Waals surface area (Å²) in [6.07, 6.45) is 2.37. The number of benzene rings is 2. The van der Waals surface area contributed by atoms with Gasteiger partial charge in [0.05, 0.1) is 19.8 Å². The maximum atomic E-state index is 12.6. The van der Waals surface area contributed by atoms with Crippen LogP contribution in [-0.4, -0.2) is 74.5 Å². The quantitative estimate of drug-likeness (QED) is 0.0450. The van der Waals surface area contributed by atoms with Gasteiger partial charge in [0.2, 0.25) is 0 Å². The van der Waals surface area contributed by atoms with Crippen LogP contribution in [0.3, 0.4) is 0 Å². The van der Waals surface area contributed by atoms with Gasteiger partial charge in [-0.2, -0.15) is 0 Å². The molecule has 2 rings (SSSR count). The summed E-state index contributed by atoms with van der Waals surface area (Å²) < 4.78 is 47.2. The minimum Gasteiger partial charge on any atom is -0.466 e. The van der Waals surface area contributed by atoms with E-state index in [1.807, 2.05) is 20.8 Å². The molecule has 0 N–H and O–H groups in total. The van der Waals surface area contributed by atoms with Crippen LogP contribution in [0.1, 0.15) is 110 Å². The van der Waals surface area contributed by atoms with Crippen LogP contribution in [0.5, 0.6) is 17.2 Å². The second kappa shape index (κ2) is 26.2. The van der Waals surface area contributed by atoms with Crippen LogP contribution in [-0.2, 0) is 42.8 Å². The van der Waals surface area contributed by atoms with Crippen LogP contribution in [0.15, 0.2) is 42.5 Å². The maximum Gasteiger partial charge on any atom is 0.514 e. The number of rotatable bonds is 23. The first-order valence-electron chi connectivity index (χ1n) is 18.9. The summed E-state index contributed by atoms with van der Waals surface area (Å²) in [6, 6.07) is 10.8. The molecule has 0 aliphatic heterocycles. The highest BCUT2D eigenvalue weighted by Crippen LogP contribution is 2.26. The summed E-state index contributed by atoms with van der Waals surface area (Å²) in [7, 11) is 0. The Morgan fingerprint density at radius 1 is 0.482 bits per heavy atom. The summed E-state index contributed by atoms with van der Waals surface area (Å²) >= 11 is 0. The van der Waals surface area contributed by atoms with Gasteiger partial charge in [0.15, 0.2) is 0 Å². The largest absolute Gasteiger partial charge is 0.514 e. The van der Waals surface area contributed by atoms with E-state index in [1.54, 1.807) is 57.2 Å². The number of carbonyl (C=O) groups is 6. The molecule has 56 heavy (non-hydrogen) atoms. The predicted molar refractivity (Wildman–Crippen MR) is 203 cm³/mol. The third kappa shape index (κ3) is 20.7. The molecule has 15 nitrogen and oxygen atoms in total. The first-order valence-corrected chi connectivity index (χ1v) is 18.9. The molecule has 0 aromatic heterocycles. The molecule has 308 valence electrons. The van der Waals surface area contributed by atoms with E-state index in [9.17, 15) is 28.8 Å². The topological polar surface area (TPSA) is 185 Å². The van der Waals surface area contributed by atoms with Crippen LogP contribution in [0.2, 0.25) is 0 Å². The lowest BCUT2D eigenvalue weighted by atomic mass is 10.1. The second-order valence-electron chi connectivity index (χ2n) is 12.8. The van der Waals surface area contributed by atoms with Crippen molar-refractivity contribution in [3.8, 4) is 17.2 Å². The Balaban J connectivity index is 2.08. The fourth-order valence-electron chi connectivity index (χ4n) is 4.52. The van der Waals surface area contributed by atoms with Gasteiger partial charge in [0.1, 0.15) is 35.6 Å². The van der Waals surface area contributed by atoms with Gasteiger partial charge in [-0.3, -0.25) is 14.4 Å². The molecule has 0 saturated heterocycles. The van der Waals surface area contributed by atoms with Gasteiger partial charge >= 0.3 is 36.4 Å². The van der Waals surface area contributed by atoms with E-state index in [0.717, 1.165) is 0 Å². The molecular formula is C41H54O15. The Labute approximate surface area is 327 Å². The zero-order valence-corrected chi connectivity index (χ0v) is 33.0. The number of hydrogen-bond donors (Lipinski definition) is 0. The average molecular weight is 787 g/mol. The number of esters is 3. The Morgan fingerprint density at radius 2 is 0.821 bits per heavy atom. The molecule has 0 amide bonds. The minimum atomic E-state index is -1.03. The van der Waals surface area contributed by atoms with Crippen molar-refractivity contribution in [2.45, 2.75) is 118 Å². The molecule has 3 atom stereocenters. The van der Waals surface area contributed by atoms with E-state index < -0.39 is 36.8 Å². The van der Waals surface area contributed by atoms with E-state index in [4.69, 9.17) is 42.6 Å². The highest BCUT2D eigenvalue weighted by molar-refractivity contribution is 5.74. The van der Waals surface area contributed by atoms with Crippen molar-refractivity contribution in [1.82, 2.24) is 0 Å². The summed E-state index contributed by atoms with van der Waals surface area (Å²) in [5, 5.41) is 0. The molecule has 0 aliphatic rings. The number of hydrogen-bond acceptors (Lipinski definition) is 15. The van der Waals surface area contributed by atoms with Gasteiger partial charge in [-0.05, 0) is 75.4 Å². The monoisotopic (exact) mass is 786 g/mol. The smallest absolute Gasteiger partial charge is 0.466 e. The summed E-state index contributed by atoms with van der Waals surface area (Å²) in [5.41, 5.74) is 1.16. The fraction of sp³-hybridized carbons (Fsp3) is 0.512. The molecule has 0 spiro atoms. The molecule has 3 unspecified atom stereocenters. The molecule has 0 fully saturated rings. The molecule has 2 aromatic rings. The Kier molecular flexibility index (Phi) is 21.8. The van der Waals surface area contributed by atoms with E-state index in [2.05, 4.69) is 0 Å². The lowest BCUT2D eigenvalue weighted by Gasteiger charge is -2.15. The van der Waals surface area contributed by atoms with Crippen LogP contribution >= 0.6 is 0 Å². The van der Waals surface area contributed by atoms with E-state index in [0.29, 0.717) is 56.1 Å². The molecule has 0 radical (unpaired) electrons. The van der Waals surface area contributed by atoms with Gasteiger partial charge in [0.25, 0.3) is 0 Å². The maximum absolute atomic E-state index is 12.6. The Morgan fingerprint density at radius 3 is 1.18 bits per heavy atom. The molecule has 0 saturated carbocycles. The first kappa shape index (κ1) is 46.6. The third-order valence-electron chi connectivity index (χ3n) is 7.47. The highest BCUT2D eigenvalue weighted by atomic mass is 16.7.